The number of nitrogens with two attached hydrogens (primary N) is 1. The third kappa shape index (κ3) is 3.80. The van der Waals surface area contributed by atoms with E-state index in [2.05, 4.69) is 17.0 Å². The fraction of sp³-hybridized carbons (Fsp3) is 0.533. The molecule has 1 aromatic rings. The number of hydrogen-bond acceptors (Lipinski definition) is 4. The average molecular weight is 312 g/mol. The van der Waals surface area contributed by atoms with E-state index in [1.165, 1.54) is 12.8 Å². The smallest absolute Gasteiger partial charge is 0.170 e. The fourth-order valence-electron chi connectivity index (χ4n) is 2.52. The molecule has 5 nitrogen and oxygen atoms in total. The molecule has 1 aliphatic carbocycles. The zero-order valence-electron chi connectivity index (χ0n) is 12.4. The van der Waals surface area contributed by atoms with E-state index in [4.69, 9.17) is 27.3 Å². The highest BCUT2D eigenvalue weighted by molar-refractivity contribution is 6.33. The van der Waals surface area contributed by atoms with Crippen LogP contribution in [0.2, 0.25) is 5.02 Å². The standard InChI is InChI=1S/C15H22ClN3O2/c1-10(11-3-4-11)19(7-8-21-2)14-6-5-12(9-13(14)16)15(17)18-20/h5-6,9-11,20H,3-4,7-8H2,1-2H3,(H2,17,18). The summed E-state index contributed by atoms with van der Waals surface area (Å²) in [5, 5.41) is 12.3. The molecule has 1 fully saturated rings. The van der Waals surface area contributed by atoms with Crippen molar-refractivity contribution in [3.8, 4) is 0 Å². The van der Waals surface area contributed by atoms with Crippen molar-refractivity contribution in [2.24, 2.45) is 16.8 Å². The number of ether oxygens (including phenoxy) is 1. The lowest BCUT2D eigenvalue weighted by atomic mass is 10.1. The maximum absolute atomic E-state index is 8.74. The molecule has 0 spiro atoms. The van der Waals surface area contributed by atoms with Gasteiger partial charge in [-0.05, 0) is 43.9 Å². The minimum atomic E-state index is 0.0575. The van der Waals surface area contributed by atoms with Crippen molar-refractivity contribution in [3.05, 3.63) is 28.8 Å². The van der Waals surface area contributed by atoms with E-state index >= 15 is 0 Å². The number of oxime groups is 1. The molecular formula is C15H22ClN3O2. The summed E-state index contributed by atoms with van der Waals surface area (Å²) in [5.41, 5.74) is 7.16. The molecule has 6 heteroatoms. The Hall–Kier alpha value is -1.46. The maximum atomic E-state index is 8.74. The predicted molar refractivity (Wildman–Crippen MR) is 85.4 cm³/mol. The second-order valence-corrected chi connectivity index (χ2v) is 5.82. The number of hydrogen-bond donors (Lipinski definition) is 2. The summed E-state index contributed by atoms with van der Waals surface area (Å²) in [6.07, 6.45) is 2.54. The molecule has 1 atom stereocenters. The Labute approximate surface area is 130 Å². The minimum absolute atomic E-state index is 0.0575. The van der Waals surface area contributed by atoms with Crippen LogP contribution in [0.4, 0.5) is 5.69 Å². The summed E-state index contributed by atoms with van der Waals surface area (Å²) >= 11 is 6.40. The highest BCUT2D eigenvalue weighted by atomic mass is 35.5. The van der Waals surface area contributed by atoms with Crippen LogP contribution in [0.5, 0.6) is 0 Å². The first-order valence-electron chi connectivity index (χ1n) is 7.11. The quantitative estimate of drug-likeness (QED) is 0.351. The number of halogens is 1. The molecule has 0 amide bonds. The Morgan fingerprint density at radius 1 is 1.57 bits per heavy atom. The van der Waals surface area contributed by atoms with Gasteiger partial charge in [-0.3, -0.25) is 0 Å². The molecule has 1 unspecified atom stereocenters. The summed E-state index contributed by atoms with van der Waals surface area (Å²) in [6, 6.07) is 5.89. The molecule has 1 aromatic carbocycles. The van der Waals surface area contributed by atoms with Gasteiger partial charge in [0.25, 0.3) is 0 Å². The van der Waals surface area contributed by atoms with Crippen LogP contribution in [0.1, 0.15) is 25.3 Å². The molecule has 0 saturated heterocycles. The van der Waals surface area contributed by atoms with Crippen LogP contribution in [0.15, 0.2) is 23.4 Å². The average Bonchev–Trinajstić information content (AvgIpc) is 3.32. The van der Waals surface area contributed by atoms with E-state index in [0.29, 0.717) is 23.2 Å². The summed E-state index contributed by atoms with van der Waals surface area (Å²) in [7, 11) is 1.70. The van der Waals surface area contributed by atoms with Crippen molar-refractivity contribution < 1.29 is 9.94 Å². The lowest BCUT2D eigenvalue weighted by Gasteiger charge is -2.32. The fourth-order valence-corrected chi connectivity index (χ4v) is 2.81. The van der Waals surface area contributed by atoms with Gasteiger partial charge in [-0.1, -0.05) is 16.8 Å². The highest BCUT2D eigenvalue weighted by Crippen LogP contribution is 2.38. The number of amidine groups is 1. The van der Waals surface area contributed by atoms with Crippen LogP contribution in [-0.2, 0) is 4.74 Å². The summed E-state index contributed by atoms with van der Waals surface area (Å²) in [4.78, 5) is 2.28. The molecule has 3 N–H and O–H groups in total. The van der Waals surface area contributed by atoms with Crippen molar-refractivity contribution in [2.75, 3.05) is 25.2 Å². The van der Waals surface area contributed by atoms with Crippen LogP contribution < -0.4 is 10.6 Å². The van der Waals surface area contributed by atoms with Crippen LogP contribution >= 0.6 is 11.6 Å². The second kappa shape index (κ2) is 7.00. The lowest BCUT2D eigenvalue weighted by Crippen LogP contribution is -2.37. The van der Waals surface area contributed by atoms with E-state index in [1.807, 2.05) is 12.1 Å². The van der Waals surface area contributed by atoms with E-state index in [0.717, 1.165) is 18.2 Å². The van der Waals surface area contributed by atoms with Gasteiger partial charge in [0.2, 0.25) is 0 Å². The SMILES string of the molecule is COCCN(c1ccc(C(N)=NO)cc1Cl)C(C)C1CC1. The van der Waals surface area contributed by atoms with Gasteiger partial charge in [-0.25, -0.2) is 0 Å². The molecule has 0 aliphatic heterocycles. The van der Waals surface area contributed by atoms with Crippen LogP contribution in [0.3, 0.4) is 0 Å². The van der Waals surface area contributed by atoms with Crippen molar-refractivity contribution in [3.63, 3.8) is 0 Å². The van der Waals surface area contributed by atoms with Gasteiger partial charge in [0.1, 0.15) is 0 Å². The largest absolute Gasteiger partial charge is 0.409 e. The van der Waals surface area contributed by atoms with Gasteiger partial charge >= 0.3 is 0 Å². The first kappa shape index (κ1) is 15.9. The zero-order chi connectivity index (χ0) is 15.4. The van der Waals surface area contributed by atoms with Crippen LogP contribution in [0, 0.1) is 5.92 Å². The summed E-state index contributed by atoms with van der Waals surface area (Å²) in [6.45, 7) is 3.66. The highest BCUT2D eigenvalue weighted by Gasteiger charge is 2.32. The molecule has 0 heterocycles. The molecule has 1 aliphatic rings. The number of rotatable bonds is 7. The van der Waals surface area contributed by atoms with Gasteiger partial charge < -0.3 is 20.6 Å². The Balaban J connectivity index is 2.26. The third-order valence-electron chi connectivity index (χ3n) is 3.99. The number of methoxy groups -OCH3 is 1. The Morgan fingerprint density at radius 2 is 2.29 bits per heavy atom. The van der Waals surface area contributed by atoms with Crippen molar-refractivity contribution >= 4 is 23.1 Å². The number of benzene rings is 1. The molecule has 0 aromatic heterocycles. The van der Waals surface area contributed by atoms with E-state index < -0.39 is 0 Å². The van der Waals surface area contributed by atoms with Gasteiger partial charge in [0.15, 0.2) is 5.84 Å². The molecule has 0 radical (unpaired) electrons. The first-order valence-corrected chi connectivity index (χ1v) is 7.49. The normalized spacial score (nSPS) is 16.8. The van der Waals surface area contributed by atoms with Crippen LogP contribution in [0.25, 0.3) is 0 Å². The summed E-state index contributed by atoms with van der Waals surface area (Å²) in [5.74, 6) is 0.781. The minimum Gasteiger partial charge on any atom is -0.409 e. The van der Waals surface area contributed by atoms with Crippen molar-refractivity contribution in [1.29, 1.82) is 0 Å². The maximum Gasteiger partial charge on any atom is 0.170 e. The molecule has 116 valence electrons. The molecule has 2 rings (SSSR count). The van der Waals surface area contributed by atoms with Gasteiger partial charge in [0, 0.05) is 25.3 Å². The first-order chi connectivity index (χ1) is 10.1. The topological polar surface area (TPSA) is 71.1 Å². The van der Waals surface area contributed by atoms with Gasteiger partial charge in [0.05, 0.1) is 17.3 Å². The molecule has 0 bridgehead atoms. The lowest BCUT2D eigenvalue weighted by molar-refractivity contribution is 0.202. The van der Waals surface area contributed by atoms with E-state index in [9.17, 15) is 0 Å². The van der Waals surface area contributed by atoms with Gasteiger partial charge in [-0.2, -0.15) is 0 Å². The van der Waals surface area contributed by atoms with Crippen molar-refractivity contribution in [1.82, 2.24) is 0 Å². The summed E-state index contributed by atoms with van der Waals surface area (Å²) < 4.78 is 5.21. The number of anilines is 1. The van der Waals surface area contributed by atoms with Crippen LogP contribution in [-0.4, -0.2) is 37.3 Å². The Morgan fingerprint density at radius 3 is 2.81 bits per heavy atom. The van der Waals surface area contributed by atoms with Gasteiger partial charge in [-0.15, -0.1) is 0 Å². The zero-order valence-corrected chi connectivity index (χ0v) is 13.2. The van der Waals surface area contributed by atoms with E-state index in [1.54, 1.807) is 13.2 Å². The molecular weight excluding hydrogens is 290 g/mol. The Kier molecular flexibility index (Phi) is 5.31. The molecule has 1 saturated carbocycles. The monoisotopic (exact) mass is 311 g/mol. The molecule has 21 heavy (non-hydrogen) atoms. The predicted octanol–water partition coefficient (Wildman–Crippen LogP) is 2.69. The number of nitrogens with zero attached hydrogens (tertiary/aromatic N) is 2. The Bertz CT molecular complexity index is 518. The second-order valence-electron chi connectivity index (χ2n) is 5.42. The van der Waals surface area contributed by atoms with E-state index in [-0.39, 0.29) is 5.84 Å². The third-order valence-corrected chi connectivity index (χ3v) is 4.30. The van der Waals surface area contributed by atoms with Crippen molar-refractivity contribution in [2.45, 2.75) is 25.8 Å².